The molecule has 152 valence electrons. The Morgan fingerprint density at radius 1 is 0.900 bits per heavy atom. The summed E-state index contributed by atoms with van der Waals surface area (Å²) in [6.07, 6.45) is -0.384. The average molecular weight is 418 g/mol. The van der Waals surface area contributed by atoms with E-state index in [0.29, 0.717) is 5.02 Å². The van der Waals surface area contributed by atoms with Crippen LogP contribution in [0.4, 0.5) is 5.69 Å². The Labute approximate surface area is 182 Å². The molecule has 2 aliphatic heterocycles. The van der Waals surface area contributed by atoms with Crippen LogP contribution in [0.3, 0.4) is 0 Å². The number of anilines is 1. The van der Waals surface area contributed by atoms with Crippen LogP contribution in [0.5, 0.6) is 5.75 Å². The van der Waals surface area contributed by atoms with Gasteiger partial charge >= 0.3 is 0 Å². The van der Waals surface area contributed by atoms with Crippen LogP contribution in [0.2, 0.25) is 5.02 Å². The monoisotopic (exact) mass is 417 g/mol. The first kappa shape index (κ1) is 19.2. The fraction of sp³-hybridized carbons (Fsp3) is 0.269. The molecule has 1 N–H and O–H groups in total. The SMILES string of the molecule is CC1(C)Nc2ccc3c(c2C(=O)C1(C)C)[C@@H](c1ccc(Cl)cc1)Oc1ccccc1-3. The average Bonchev–Trinajstić information content (AvgIpc) is 2.72. The van der Waals surface area contributed by atoms with E-state index < -0.39 is 5.41 Å². The lowest BCUT2D eigenvalue weighted by Crippen LogP contribution is -2.54. The fourth-order valence-electron chi connectivity index (χ4n) is 4.41. The number of benzene rings is 3. The van der Waals surface area contributed by atoms with Crippen LogP contribution < -0.4 is 10.1 Å². The third-order valence-corrected chi connectivity index (χ3v) is 7.16. The molecular formula is C26H24ClNO2. The highest BCUT2D eigenvalue weighted by atomic mass is 35.5. The van der Waals surface area contributed by atoms with Crippen molar-refractivity contribution in [2.45, 2.75) is 39.3 Å². The number of hydrogen-bond acceptors (Lipinski definition) is 3. The van der Waals surface area contributed by atoms with Crippen molar-refractivity contribution < 1.29 is 9.53 Å². The molecular weight excluding hydrogens is 394 g/mol. The van der Waals surface area contributed by atoms with Gasteiger partial charge in [-0.05, 0) is 49.2 Å². The molecule has 5 rings (SSSR count). The number of hydrogen-bond donors (Lipinski definition) is 1. The summed E-state index contributed by atoms with van der Waals surface area (Å²) < 4.78 is 6.50. The van der Waals surface area contributed by atoms with Crippen LogP contribution >= 0.6 is 11.6 Å². The van der Waals surface area contributed by atoms with E-state index in [2.05, 4.69) is 31.3 Å². The third-order valence-electron chi connectivity index (χ3n) is 6.91. The molecule has 1 atom stereocenters. The van der Waals surface area contributed by atoms with Crippen molar-refractivity contribution in [2.75, 3.05) is 5.32 Å². The second-order valence-electron chi connectivity index (χ2n) is 9.20. The van der Waals surface area contributed by atoms with Gasteiger partial charge in [0.05, 0.1) is 5.41 Å². The van der Waals surface area contributed by atoms with Crippen LogP contribution in [0, 0.1) is 5.41 Å². The number of carbonyl (C=O) groups excluding carboxylic acids is 1. The molecule has 0 spiro atoms. The molecule has 4 heteroatoms. The molecule has 30 heavy (non-hydrogen) atoms. The van der Waals surface area contributed by atoms with E-state index in [-0.39, 0.29) is 17.4 Å². The lowest BCUT2D eigenvalue weighted by atomic mass is 9.65. The van der Waals surface area contributed by atoms with E-state index in [1.54, 1.807) is 0 Å². The van der Waals surface area contributed by atoms with Gasteiger partial charge in [0.2, 0.25) is 0 Å². The molecule has 0 fully saturated rings. The first-order valence-corrected chi connectivity index (χ1v) is 10.6. The van der Waals surface area contributed by atoms with Crippen molar-refractivity contribution in [3.8, 4) is 16.9 Å². The summed E-state index contributed by atoms with van der Waals surface area (Å²) in [5, 5.41) is 4.29. The standard InChI is InChI=1S/C26H24ClNO2/c1-25(2)24(29)22-19(28-26(25,3)4)14-13-18-17-7-5-6-8-20(17)30-23(21(18)22)15-9-11-16(27)12-10-15/h5-14,23,28H,1-4H3/t23-/m1/s1. The van der Waals surface area contributed by atoms with E-state index in [0.717, 1.165) is 39.3 Å². The summed E-state index contributed by atoms with van der Waals surface area (Å²) in [5.41, 5.74) is 4.60. The van der Waals surface area contributed by atoms with Gasteiger partial charge in [-0.1, -0.05) is 61.8 Å². The number of nitrogens with one attached hydrogen (secondary N) is 1. The third kappa shape index (κ3) is 2.61. The number of fused-ring (bicyclic) bond motifs is 5. The van der Waals surface area contributed by atoms with Crippen LogP contribution in [-0.4, -0.2) is 11.3 Å². The summed E-state index contributed by atoms with van der Waals surface area (Å²) in [7, 11) is 0. The summed E-state index contributed by atoms with van der Waals surface area (Å²) in [4.78, 5) is 13.9. The molecule has 0 aliphatic carbocycles. The molecule has 0 saturated heterocycles. The highest BCUT2D eigenvalue weighted by molar-refractivity contribution is 6.30. The van der Waals surface area contributed by atoms with E-state index in [4.69, 9.17) is 16.3 Å². The lowest BCUT2D eigenvalue weighted by molar-refractivity contribution is 0.0735. The van der Waals surface area contributed by atoms with Gasteiger partial charge in [0.1, 0.15) is 5.75 Å². The Bertz CT molecular complexity index is 1180. The molecule has 0 amide bonds. The smallest absolute Gasteiger partial charge is 0.173 e. The number of Topliss-reactive ketones (excluding diaryl/α,β-unsaturated/α-hetero) is 1. The number of halogens is 1. The maximum Gasteiger partial charge on any atom is 0.173 e. The second kappa shape index (κ2) is 6.36. The van der Waals surface area contributed by atoms with Crippen molar-refractivity contribution in [3.63, 3.8) is 0 Å². The molecule has 2 aliphatic rings. The molecule has 0 aromatic heterocycles. The zero-order chi connectivity index (χ0) is 21.3. The van der Waals surface area contributed by atoms with E-state index >= 15 is 0 Å². The fourth-order valence-corrected chi connectivity index (χ4v) is 4.54. The minimum atomic E-state index is -0.573. The van der Waals surface area contributed by atoms with Crippen LogP contribution in [0.15, 0.2) is 60.7 Å². The second-order valence-corrected chi connectivity index (χ2v) is 9.64. The summed E-state index contributed by atoms with van der Waals surface area (Å²) >= 11 is 6.13. The van der Waals surface area contributed by atoms with Gasteiger partial charge in [-0.25, -0.2) is 0 Å². The maximum absolute atomic E-state index is 13.9. The van der Waals surface area contributed by atoms with Crippen LogP contribution in [0.1, 0.15) is 55.3 Å². The van der Waals surface area contributed by atoms with Gasteiger partial charge in [0.25, 0.3) is 0 Å². The number of para-hydroxylation sites is 1. The molecule has 0 unspecified atom stereocenters. The van der Waals surface area contributed by atoms with Crippen molar-refractivity contribution >= 4 is 23.1 Å². The van der Waals surface area contributed by atoms with Crippen molar-refractivity contribution in [1.29, 1.82) is 0 Å². The Hall–Kier alpha value is -2.78. The lowest BCUT2D eigenvalue weighted by Gasteiger charge is -2.47. The van der Waals surface area contributed by atoms with Crippen molar-refractivity contribution in [3.05, 3.63) is 82.4 Å². The molecule has 2 heterocycles. The Morgan fingerprint density at radius 2 is 1.60 bits per heavy atom. The van der Waals surface area contributed by atoms with Gasteiger partial charge in [-0.3, -0.25) is 4.79 Å². The Kier molecular flexibility index (Phi) is 4.07. The molecule has 3 aromatic carbocycles. The highest BCUT2D eigenvalue weighted by Crippen LogP contribution is 2.52. The first-order valence-electron chi connectivity index (χ1n) is 10.2. The number of rotatable bonds is 1. The summed E-state index contributed by atoms with van der Waals surface area (Å²) in [6, 6.07) is 19.8. The van der Waals surface area contributed by atoms with Crippen molar-refractivity contribution in [2.24, 2.45) is 5.41 Å². The zero-order valence-corrected chi connectivity index (χ0v) is 18.3. The summed E-state index contributed by atoms with van der Waals surface area (Å²) in [5.74, 6) is 0.959. The molecule has 0 radical (unpaired) electrons. The normalized spacial score (nSPS) is 20.3. The minimum absolute atomic E-state index is 0.139. The Balaban J connectivity index is 1.82. The van der Waals surface area contributed by atoms with Gasteiger partial charge in [-0.15, -0.1) is 0 Å². The van der Waals surface area contributed by atoms with Gasteiger partial charge in [0.15, 0.2) is 11.9 Å². The largest absolute Gasteiger partial charge is 0.480 e. The minimum Gasteiger partial charge on any atom is -0.480 e. The Morgan fingerprint density at radius 3 is 2.33 bits per heavy atom. The first-order chi connectivity index (χ1) is 14.2. The van der Waals surface area contributed by atoms with E-state index in [9.17, 15) is 4.79 Å². The highest BCUT2D eigenvalue weighted by Gasteiger charge is 2.50. The van der Waals surface area contributed by atoms with Crippen LogP contribution in [-0.2, 0) is 0 Å². The quantitative estimate of drug-likeness (QED) is 0.467. The van der Waals surface area contributed by atoms with E-state index in [1.807, 2.05) is 62.4 Å². The number of ketones is 1. The molecule has 3 nitrogen and oxygen atoms in total. The maximum atomic E-state index is 13.9. The predicted molar refractivity (Wildman–Crippen MR) is 122 cm³/mol. The molecule has 0 saturated carbocycles. The number of carbonyl (C=O) groups is 1. The zero-order valence-electron chi connectivity index (χ0n) is 17.5. The number of ether oxygens (including phenoxy) is 1. The van der Waals surface area contributed by atoms with Gasteiger partial charge < -0.3 is 10.1 Å². The molecule has 0 bridgehead atoms. The van der Waals surface area contributed by atoms with Crippen molar-refractivity contribution in [1.82, 2.24) is 0 Å². The predicted octanol–water partition coefficient (Wildman–Crippen LogP) is 6.90. The van der Waals surface area contributed by atoms with Crippen LogP contribution in [0.25, 0.3) is 11.1 Å². The van der Waals surface area contributed by atoms with Gasteiger partial charge in [-0.2, -0.15) is 0 Å². The van der Waals surface area contributed by atoms with E-state index in [1.165, 1.54) is 0 Å². The van der Waals surface area contributed by atoms with Gasteiger partial charge in [0, 0.05) is 32.9 Å². The topological polar surface area (TPSA) is 38.3 Å². The molecule has 3 aromatic rings. The summed E-state index contributed by atoms with van der Waals surface area (Å²) in [6.45, 7) is 8.19.